The van der Waals surface area contributed by atoms with Gasteiger partial charge >= 0.3 is 11.9 Å². The summed E-state index contributed by atoms with van der Waals surface area (Å²) in [6.07, 6.45) is 0.229. The fraction of sp³-hybridized carbons (Fsp3) is 0.154. The quantitative estimate of drug-likeness (QED) is 0.158. The number of guanidine groups is 1. The average Bonchev–Trinajstić information content (AvgIpc) is 2.84. The number of aliphatic imine (C=N–C) groups is 1. The van der Waals surface area contributed by atoms with Crippen LogP contribution in [0.4, 0.5) is 10.1 Å². The Kier molecular flexibility index (Phi) is 9.17. The maximum Gasteiger partial charge on any atom is 0.343 e. The second-order valence-corrected chi connectivity index (χ2v) is 8.40. The van der Waals surface area contributed by atoms with Crippen LogP contribution < -0.4 is 16.2 Å². The zero-order valence-electron chi connectivity index (χ0n) is 19.6. The number of benzene rings is 3. The molecule has 0 aromatic heterocycles. The Bertz CT molecular complexity index is 1310. The number of rotatable bonds is 10. The number of hydrogen-bond donors (Lipinski definition) is 3. The zero-order chi connectivity index (χ0) is 26.9. The minimum absolute atomic E-state index is 0.00449. The number of nitrogens with two attached hydrogens (primary N) is 2. The fourth-order valence-corrected chi connectivity index (χ4v) is 3.65. The first-order valence-electron chi connectivity index (χ1n) is 11.0. The molecular formula is C26H24ClFN4O5. The molecule has 37 heavy (non-hydrogen) atoms. The largest absolute Gasteiger partial charge is 0.480 e. The minimum atomic E-state index is -1.16. The van der Waals surface area contributed by atoms with Gasteiger partial charge in [0.15, 0.2) is 5.96 Å². The van der Waals surface area contributed by atoms with Gasteiger partial charge in [0.1, 0.15) is 18.1 Å². The molecular weight excluding hydrogens is 503 g/mol. The Balaban J connectivity index is 1.61. The molecule has 0 unspecified atom stereocenters. The molecule has 0 saturated carbocycles. The Hall–Kier alpha value is -4.44. The van der Waals surface area contributed by atoms with Crippen molar-refractivity contribution >= 4 is 41.1 Å². The molecule has 0 aliphatic rings. The van der Waals surface area contributed by atoms with Crippen LogP contribution in [-0.2, 0) is 22.6 Å². The molecule has 0 aliphatic carbocycles. The number of halogens is 2. The third-order valence-electron chi connectivity index (χ3n) is 5.17. The summed E-state index contributed by atoms with van der Waals surface area (Å²) in [5.41, 5.74) is 12.6. The van der Waals surface area contributed by atoms with Gasteiger partial charge in [-0.25, -0.2) is 14.2 Å². The maximum atomic E-state index is 13.1. The van der Waals surface area contributed by atoms with Gasteiger partial charge in [0.2, 0.25) is 5.91 Å². The van der Waals surface area contributed by atoms with Crippen molar-refractivity contribution < 1.29 is 28.6 Å². The van der Waals surface area contributed by atoms with Gasteiger partial charge in [-0.05, 0) is 66.1 Å². The highest BCUT2D eigenvalue weighted by Gasteiger charge is 2.18. The van der Waals surface area contributed by atoms with E-state index in [-0.39, 0.29) is 41.7 Å². The van der Waals surface area contributed by atoms with Crippen LogP contribution in [0.25, 0.3) is 0 Å². The summed E-state index contributed by atoms with van der Waals surface area (Å²) in [6.45, 7) is -0.466. The van der Waals surface area contributed by atoms with E-state index in [1.165, 1.54) is 47.4 Å². The average molecular weight is 527 g/mol. The molecule has 0 spiro atoms. The molecule has 192 valence electrons. The smallest absolute Gasteiger partial charge is 0.343 e. The highest BCUT2D eigenvalue weighted by molar-refractivity contribution is 6.31. The van der Waals surface area contributed by atoms with Crippen LogP contribution in [0, 0.1) is 5.82 Å². The number of carboxylic acid groups (broad SMARTS) is 1. The van der Waals surface area contributed by atoms with Crippen LogP contribution >= 0.6 is 11.6 Å². The van der Waals surface area contributed by atoms with Gasteiger partial charge < -0.3 is 26.2 Å². The molecule has 3 aromatic rings. The van der Waals surface area contributed by atoms with E-state index in [0.717, 1.165) is 0 Å². The second kappa shape index (κ2) is 12.5. The number of nitrogens with zero attached hydrogens (tertiary/aromatic N) is 2. The van der Waals surface area contributed by atoms with E-state index in [0.29, 0.717) is 16.8 Å². The van der Waals surface area contributed by atoms with Crippen molar-refractivity contribution in [2.75, 3.05) is 6.54 Å². The van der Waals surface area contributed by atoms with Crippen molar-refractivity contribution in [2.24, 2.45) is 16.5 Å². The van der Waals surface area contributed by atoms with Crippen molar-refractivity contribution in [1.29, 1.82) is 0 Å². The number of ether oxygens (including phenoxy) is 1. The number of amides is 1. The first-order chi connectivity index (χ1) is 17.6. The molecule has 0 fully saturated rings. The number of hydrogen-bond acceptors (Lipinski definition) is 5. The summed E-state index contributed by atoms with van der Waals surface area (Å²) in [4.78, 5) is 41.5. The van der Waals surface area contributed by atoms with Crippen LogP contribution in [0.15, 0.2) is 71.7 Å². The number of carbonyl (C=O) groups is 3. The second-order valence-electron chi connectivity index (χ2n) is 8.00. The number of esters is 1. The van der Waals surface area contributed by atoms with E-state index in [9.17, 15) is 23.9 Å². The first kappa shape index (κ1) is 27.2. The van der Waals surface area contributed by atoms with Gasteiger partial charge in [-0.3, -0.25) is 9.59 Å². The Morgan fingerprint density at radius 3 is 2.27 bits per heavy atom. The standard InChI is InChI=1S/C26H24ClFN4O5/c27-22-13-21(37-25(36)18-3-9-20(10-4-18)31-26(29)30)11-5-17(22)6-12-23(33)32(15-24(34)35)14-16-1-7-19(28)8-2-16/h1-5,7-11,13H,6,12,14-15H2,(H,34,35)(H4,29,30,31). The first-order valence-corrected chi connectivity index (χ1v) is 11.4. The van der Waals surface area contributed by atoms with Crippen LogP contribution in [0.5, 0.6) is 5.75 Å². The lowest BCUT2D eigenvalue weighted by Gasteiger charge is -2.21. The van der Waals surface area contributed by atoms with Crippen LogP contribution in [0.1, 0.15) is 27.9 Å². The van der Waals surface area contributed by atoms with Gasteiger partial charge in [0.05, 0.1) is 11.3 Å². The lowest BCUT2D eigenvalue weighted by Crippen LogP contribution is -2.35. The molecule has 3 aromatic carbocycles. The maximum absolute atomic E-state index is 13.1. The lowest BCUT2D eigenvalue weighted by atomic mass is 10.1. The van der Waals surface area contributed by atoms with Crippen LogP contribution in [-0.4, -0.2) is 40.4 Å². The molecule has 11 heteroatoms. The molecule has 0 aliphatic heterocycles. The van der Waals surface area contributed by atoms with Crippen molar-refractivity contribution in [1.82, 2.24) is 4.90 Å². The van der Waals surface area contributed by atoms with Crippen molar-refractivity contribution in [3.8, 4) is 5.75 Å². The lowest BCUT2D eigenvalue weighted by molar-refractivity contribution is -0.144. The molecule has 0 heterocycles. The Labute approximate surface area is 217 Å². The zero-order valence-corrected chi connectivity index (χ0v) is 20.3. The molecule has 1 amide bonds. The normalized spacial score (nSPS) is 10.4. The highest BCUT2D eigenvalue weighted by atomic mass is 35.5. The fourth-order valence-electron chi connectivity index (χ4n) is 3.39. The molecule has 0 radical (unpaired) electrons. The predicted octanol–water partition coefficient (Wildman–Crippen LogP) is 3.65. The predicted molar refractivity (Wildman–Crippen MR) is 136 cm³/mol. The minimum Gasteiger partial charge on any atom is -0.480 e. The highest BCUT2D eigenvalue weighted by Crippen LogP contribution is 2.25. The summed E-state index contributed by atoms with van der Waals surface area (Å²) >= 11 is 6.34. The number of aliphatic carboxylic acids is 1. The van der Waals surface area contributed by atoms with Crippen LogP contribution in [0.2, 0.25) is 5.02 Å². The Morgan fingerprint density at radius 1 is 1.00 bits per heavy atom. The van der Waals surface area contributed by atoms with E-state index < -0.39 is 30.2 Å². The molecule has 0 bridgehead atoms. The van der Waals surface area contributed by atoms with Crippen LogP contribution in [0.3, 0.4) is 0 Å². The van der Waals surface area contributed by atoms with Gasteiger partial charge in [-0.15, -0.1) is 0 Å². The van der Waals surface area contributed by atoms with Gasteiger partial charge in [0.25, 0.3) is 0 Å². The summed E-state index contributed by atoms with van der Waals surface area (Å²) in [6, 6.07) is 16.3. The third-order valence-corrected chi connectivity index (χ3v) is 5.52. The van der Waals surface area contributed by atoms with Gasteiger partial charge in [0, 0.05) is 18.0 Å². The SMILES string of the molecule is NC(N)=Nc1ccc(C(=O)Oc2ccc(CCC(=O)N(CC(=O)O)Cc3ccc(F)cc3)c(Cl)c2)cc1. The third kappa shape index (κ3) is 8.32. The van der Waals surface area contributed by atoms with Gasteiger partial charge in [-0.2, -0.15) is 0 Å². The van der Waals surface area contributed by atoms with Crippen molar-refractivity contribution in [2.45, 2.75) is 19.4 Å². The summed E-state index contributed by atoms with van der Waals surface area (Å²) in [5, 5.41) is 9.47. The molecule has 5 N–H and O–H groups in total. The number of aryl methyl sites for hydroxylation is 1. The molecule has 3 rings (SSSR count). The van der Waals surface area contributed by atoms with E-state index in [1.807, 2.05) is 0 Å². The number of carboxylic acids is 1. The van der Waals surface area contributed by atoms with E-state index in [4.69, 9.17) is 27.8 Å². The monoisotopic (exact) mass is 526 g/mol. The summed E-state index contributed by atoms with van der Waals surface area (Å²) in [7, 11) is 0. The molecule has 9 nitrogen and oxygen atoms in total. The summed E-state index contributed by atoms with van der Waals surface area (Å²) in [5.74, 6) is -2.49. The number of carbonyl (C=O) groups excluding carboxylic acids is 2. The molecule has 0 saturated heterocycles. The van der Waals surface area contributed by atoms with Crippen molar-refractivity contribution in [3.63, 3.8) is 0 Å². The van der Waals surface area contributed by atoms with E-state index in [2.05, 4.69) is 4.99 Å². The molecule has 0 atom stereocenters. The topological polar surface area (TPSA) is 148 Å². The van der Waals surface area contributed by atoms with E-state index in [1.54, 1.807) is 24.3 Å². The summed E-state index contributed by atoms with van der Waals surface area (Å²) < 4.78 is 18.5. The van der Waals surface area contributed by atoms with Crippen molar-refractivity contribution in [3.05, 3.63) is 94.3 Å². The van der Waals surface area contributed by atoms with E-state index >= 15 is 0 Å². The Morgan fingerprint density at radius 2 is 1.68 bits per heavy atom. The van der Waals surface area contributed by atoms with Gasteiger partial charge in [-0.1, -0.05) is 29.8 Å².